The molecule has 30 heavy (non-hydrogen) atoms. The van der Waals surface area contributed by atoms with Crippen LogP contribution in [0.25, 0.3) is 0 Å². The number of amides is 2. The lowest BCUT2D eigenvalue weighted by molar-refractivity contribution is -0.129. The fourth-order valence-electron chi connectivity index (χ4n) is 3.30. The molecule has 1 saturated heterocycles. The normalized spacial score (nSPS) is 17.3. The fraction of sp³-hybridized carbons (Fsp3) is 0.333. The van der Waals surface area contributed by atoms with Crippen molar-refractivity contribution >= 4 is 21.8 Å². The average Bonchev–Trinajstić information content (AvgIpc) is 2.77. The smallest absolute Gasteiger partial charge is 0.243 e. The monoisotopic (exact) mass is 433 g/mol. The highest BCUT2D eigenvalue weighted by Gasteiger charge is 2.33. The molecule has 0 aromatic heterocycles. The zero-order valence-corrected chi connectivity index (χ0v) is 17.2. The number of carbonyl (C=O) groups is 2. The summed E-state index contributed by atoms with van der Waals surface area (Å²) in [6, 6.07) is 14.0. The summed E-state index contributed by atoms with van der Waals surface area (Å²) >= 11 is 0. The molecule has 0 spiro atoms. The third-order valence-corrected chi connectivity index (χ3v) is 6.84. The second kappa shape index (κ2) is 9.82. The molecule has 1 heterocycles. The van der Waals surface area contributed by atoms with Crippen LogP contribution < -0.4 is 10.6 Å². The zero-order valence-electron chi connectivity index (χ0n) is 16.4. The first-order valence-corrected chi connectivity index (χ1v) is 11.1. The molecular formula is C21H24FN3O4S. The lowest BCUT2D eigenvalue weighted by Crippen LogP contribution is -2.47. The quantitative estimate of drug-likeness (QED) is 0.694. The molecule has 0 radical (unpaired) electrons. The molecule has 1 atom stereocenters. The lowest BCUT2D eigenvalue weighted by Gasteiger charge is -2.31. The van der Waals surface area contributed by atoms with Gasteiger partial charge in [0.1, 0.15) is 5.82 Å². The number of nitrogens with zero attached hydrogens (tertiary/aromatic N) is 1. The van der Waals surface area contributed by atoms with Gasteiger partial charge >= 0.3 is 0 Å². The summed E-state index contributed by atoms with van der Waals surface area (Å²) in [7, 11) is -3.81. The maximum atomic E-state index is 13.1. The van der Waals surface area contributed by atoms with Gasteiger partial charge in [-0.05, 0) is 42.7 Å². The molecule has 1 aliphatic heterocycles. The second-order valence-corrected chi connectivity index (χ2v) is 9.07. The third-order valence-electron chi connectivity index (χ3n) is 4.96. The van der Waals surface area contributed by atoms with Crippen LogP contribution in [0.15, 0.2) is 59.5 Å². The van der Waals surface area contributed by atoms with Crippen molar-refractivity contribution in [2.75, 3.05) is 19.6 Å². The summed E-state index contributed by atoms with van der Waals surface area (Å²) in [5.41, 5.74) is 0.950. The largest absolute Gasteiger partial charge is 0.350 e. The molecule has 1 fully saturated rings. The van der Waals surface area contributed by atoms with Crippen LogP contribution in [0.1, 0.15) is 18.4 Å². The van der Waals surface area contributed by atoms with Gasteiger partial charge < -0.3 is 10.6 Å². The highest BCUT2D eigenvalue weighted by molar-refractivity contribution is 7.89. The summed E-state index contributed by atoms with van der Waals surface area (Å²) in [6.45, 7) is 0.508. The van der Waals surface area contributed by atoms with Crippen molar-refractivity contribution in [2.45, 2.75) is 24.3 Å². The van der Waals surface area contributed by atoms with Gasteiger partial charge in [-0.1, -0.05) is 30.3 Å². The molecule has 2 aromatic carbocycles. The fourth-order valence-corrected chi connectivity index (χ4v) is 4.82. The van der Waals surface area contributed by atoms with E-state index in [0.717, 1.165) is 17.7 Å². The van der Waals surface area contributed by atoms with Gasteiger partial charge in [0.15, 0.2) is 0 Å². The first kappa shape index (κ1) is 21.9. The Hall–Kier alpha value is -2.78. The van der Waals surface area contributed by atoms with Crippen LogP contribution in [0, 0.1) is 11.7 Å². The number of benzene rings is 2. The Morgan fingerprint density at radius 2 is 1.73 bits per heavy atom. The minimum atomic E-state index is -3.81. The summed E-state index contributed by atoms with van der Waals surface area (Å²) in [4.78, 5) is 24.4. The maximum absolute atomic E-state index is 13.1. The van der Waals surface area contributed by atoms with Crippen LogP contribution in [-0.4, -0.2) is 44.2 Å². The van der Waals surface area contributed by atoms with Gasteiger partial charge in [-0.3, -0.25) is 9.59 Å². The van der Waals surface area contributed by atoms with Gasteiger partial charge in [0.2, 0.25) is 21.8 Å². The number of sulfonamides is 1. The van der Waals surface area contributed by atoms with Crippen molar-refractivity contribution < 1.29 is 22.4 Å². The number of nitrogens with one attached hydrogen (secondary N) is 2. The predicted molar refractivity (Wildman–Crippen MR) is 109 cm³/mol. The summed E-state index contributed by atoms with van der Waals surface area (Å²) in [6.07, 6.45) is 1.06. The van der Waals surface area contributed by atoms with Crippen LogP contribution >= 0.6 is 0 Å². The van der Waals surface area contributed by atoms with Crippen LogP contribution in [0.4, 0.5) is 4.39 Å². The Balaban J connectivity index is 1.51. The molecule has 9 heteroatoms. The molecule has 1 unspecified atom stereocenters. The van der Waals surface area contributed by atoms with Gasteiger partial charge in [-0.2, -0.15) is 4.31 Å². The first-order chi connectivity index (χ1) is 14.4. The Morgan fingerprint density at radius 3 is 2.43 bits per heavy atom. The number of piperidine rings is 1. The number of halogens is 1. The van der Waals surface area contributed by atoms with Crippen molar-refractivity contribution in [3.63, 3.8) is 0 Å². The van der Waals surface area contributed by atoms with E-state index in [-0.39, 0.29) is 29.8 Å². The summed E-state index contributed by atoms with van der Waals surface area (Å²) < 4.78 is 39.9. The third kappa shape index (κ3) is 5.64. The van der Waals surface area contributed by atoms with Crippen LogP contribution in [0.3, 0.4) is 0 Å². The number of hydrogen-bond acceptors (Lipinski definition) is 4. The lowest BCUT2D eigenvalue weighted by atomic mass is 9.99. The van der Waals surface area contributed by atoms with Crippen molar-refractivity contribution in [1.82, 2.24) is 14.9 Å². The van der Waals surface area contributed by atoms with Crippen molar-refractivity contribution in [1.29, 1.82) is 0 Å². The van der Waals surface area contributed by atoms with E-state index in [0.29, 0.717) is 25.9 Å². The molecule has 0 saturated carbocycles. The number of hydrogen-bond donors (Lipinski definition) is 2. The molecular weight excluding hydrogens is 409 g/mol. The highest BCUT2D eigenvalue weighted by Crippen LogP contribution is 2.24. The van der Waals surface area contributed by atoms with Gasteiger partial charge in [-0.25, -0.2) is 12.8 Å². The standard InChI is InChI=1S/C21H24FN3O4S/c22-18-8-10-19(11-9-18)30(28,29)25-12-4-7-17(15-25)21(27)24-14-20(26)23-13-16-5-2-1-3-6-16/h1-3,5-6,8-11,17H,4,7,12-15H2,(H,23,26)(H,24,27). The minimum absolute atomic E-state index is 0.00903. The van der Waals surface area contributed by atoms with E-state index in [9.17, 15) is 22.4 Å². The van der Waals surface area contributed by atoms with Crippen molar-refractivity contribution in [3.8, 4) is 0 Å². The number of carbonyl (C=O) groups excluding carboxylic acids is 2. The average molecular weight is 434 g/mol. The molecule has 2 N–H and O–H groups in total. The molecule has 7 nitrogen and oxygen atoms in total. The molecule has 2 aromatic rings. The molecule has 2 amide bonds. The SMILES string of the molecule is O=C(CNC(=O)C1CCCN(S(=O)(=O)c2ccc(F)cc2)C1)NCc1ccccc1. The first-order valence-electron chi connectivity index (χ1n) is 9.70. The van der Waals surface area contributed by atoms with E-state index >= 15 is 0 Å². The Morgan fingerprint density at radius 1 is 1.03 bits per heavy atom. The van der Waals surface area contributed by atoms with Crippen LogP contribution in [0.2, 0.25) is 0 Å². The zero-order chi connectivity index (χ0) is 21.6. The van der Waals surface area contributed by atoms with Crippen LogP contribution in [-0.2, 0) is 26.2 Å². The molecule has 0 bridgehead atoms. The highest BCUT2D eigenvalue weighted by atomic mass is 32.2. The molecule has 1 aliphatic rings. The van der Waals surface area contributed by atoms with Gasteiger partial charge in [-0.15, -0.1) is 0 Å². The number of rotatable bonds is 7. The van der Waals surface area contributed by atoms with E-state index in [2.05, 4.69) is 10.6 Å². The van der Waals surface area contributed by atoms with Gasteiger partial charge in [0.25, 0.3) is 0 Å². The Labute approximate surface area is 175 Å². The molecule has 3 rings (SSSR count). The van der Waals surface area contributed by atoms with E-state index in [1.807, 2.05) is 30.3 Å². The van der Waals surface area contributed by atoms with Gasteiger partial charge in [0.05, 0.1) is 17.4 Å². The second-order valence-electron chi connectivity index (χ2n) is 7.14. The van der Waals surface area contributed by atoms with Gasteiger partial charge in [0, 0.05) is 19.6 Å². The molecule has 0 aliphatic carbocycles. The Bertz CT molecular complexity index is 981. The Kier molecular flexibility index (Phi) is 7.17. The summed E-state index contributed by atoms with van der Waals surface area (Å²) in [5.74, 6) is -1.74. The minimum Gasteiger partial charge on any atom is -0.350 e. The van der Waals surface area contributed by atoms with E-state index < -0.39 is 21.8 Å². The van der Waals surface area contributed by atoms with E-state index in [1.165, 1.54) is 16.4 Å². The van der Waals surface area contributed by atoms with Crippen LogP contribution in [0.5, 0.6) is 0 Å². The van der Waals surface area contributed by atoms with E-state index in [1.54, 1.807) is 0 Å². The van der Waals surface area contributed by atoms with E-state index in [4.69, 9.17) is 0 Å². The topological polar surface area (TPSA) is 95.6 Å². The molecule has 160 valence electrons. The summed E-state index contributed by atoms with van der Waals surface area (Å²) in [5, 5.41) is 5.31. The van der Waals surface area contributed by atoms with Crippen molar-refractivity contribution in [3.05, 3.63) is 66.0 Å². The maximum Gasteiger partial charge on any atom is 0.243 e. The van der Waals surface area contributed by atoms with Crippen molar-refractivity contribution in [2.24, 2.45) is 5.92 Å². The predicted octanol–water partition coefficient (Wildman–Crippen LogP) is 1.66.